The van der Waals surface area contributed by atoms with Crippen molar-refractivity contribution in [2.75, 3.05) is 13.6 Å². The van der Waals surface area contributed by atoms with Gasteiger partial charge < -0.3 is 5.11 Å². The number of halogens is 2. The zero-order valence-corrected chi connectivity index (χ0v) is 12.4. The van der Waals surface area contributed by atoms with Gasteiger partial charge in [-0.05, 0) is 24.7 Å². The molecule has 0 spiro atoms. The van der Waals surface area contributed by atoms with Crippen molar-refractivity contribution in [3.05, 3.63) is 57.9 Å². The van der Waals surface area contributed by atoms with Crippen LogP contribution in [0.25, 0.3) is 0 Å². The Bertz CT molecular complexity index is 692. The van der Waals surface area contributed by atoms with Gasteiger partial charge in [-0.1, -0.05) is 6.07 Å². The first-order chi connectivity index (χ1) is 10.8. The zero-order valence-electron chi connectivity index (χ0n) is 12.4. The predicted molar refractivity (Wildman–Crippen MR) is 77.6 cm³/mol. The predicted octanol–water partition coefficient (Wildman–Crippen LogP) is 1.56. The van der Waals surface area contributed by atoms with Gasteiger partial charge in [0.25, 0.3) is 0 Å². The fraction of sp³-hybridized carbons (Fsp3) is 0.357. The Kier molecular flexibility index (Phi) is 5.35. The molecule has 0 aliphatic carbocycles. The van der Waals surface area contributed by atoms with Crippen molar-refractivity contribution in [3.8, 4) is 0 Å². The minimum absolute atomic E-state index is 0.0932. The highest BCUT2D eigenvalue weighted by molar-refractivity contribution is 5.20. The molecule has 1 heterocycles. The number of likely N-dealkylation sites (N-methyl/N-ethyl adjacent to an activating group) is 1. The van der Waals surface area contributed by atoms with E-state index in [0.717, 1.165) is 18.3 Å². The lowest BCUT2D eigenvalue weighted by atomic mass is 10.2. The Balaban J connectivity index is 1.87. The summed E-state index contributed by atoms with van der Waals surface area (Å²) < 4.78 is 27.3. The van der Waals surface area contributed by atoms with Crippen LogP contribution in [-0.4, -0.2) is 44.4 Å². The van der Waals surface area contributed by atoms with Gasteiger partial charge in [0, 0.05) is 13.1 Å². The average Bonchev–Trinajstić information content (AvgIpc) is 2.91. The highest BCUT2D eigenvalue weighted by Gasteiger charge is 2.14. The first-order valence-electron chi connectivity index (χ1n) is 6.82. The minimum atomic E-state index is -0.916. The molecule has 0 aliphatic rings. The molecule has 0 amide bonds. The summed E-state index contributed by atoms with van der Waals surface area (Å²) in [4.78, 5) is 11.7. The molecule has 1 aromatic heterocycles. The van der Waals surface area contributed by atoms with E-state index in [4.69, 9.17) is 0 Å². The van der Waals surface area contributed by atoms with Gasteiger partial charge in [0.05, 0.1) is 17.6 Å². The van der Waals surface area contributed by atoms with Crippen LogP contribution >= 0.6 is 0 Å². The molecule has 1 aromatic carbocycles. The second-order valence-corrected chi connectivity index (χ2v) is 5.28. The topological polar surface area (TPSA) is 84.4 Å². The van der Waals surface area contributed by atoms with Gasteiger partial charge in [-0.15, -0.1) is 0 Å². The number of rotatable bonds is 7. The Morgan fingerprint density at radius 1 is 1.43 bits per heavy atom. The standard InChI is InChI=1S/C14H16F2N4O3/c1-18(6-10-2-3-13(15)14(16)4-10)8-12(21)9-19-7-11(5-17-19)20(22)23/h2-5,7,12,21H,6,8-9H2,1H3/t12-/m1/s1. The summed E-state index contributed by atoms with van der Waals surface area (Å²) in [7, 11) is 1.72. The number of nitro groups is 1. The number of hydrogen-bond donors (Lipinski definition) is 1. The van der Waals surface area contributed by atoms with Gasteiger partial charge in [0.2, 0.25) is 0 Å². The number of aromatic nitrogens is 2. The fourth-order valence-corrected chi connectivity index (χ4v) is 2.19. The van der Waals surface area contributed by atoms with E-state index in [2.05, 4.69) is 5.10 Å². The maximum absolute atomic E-state index is 13.1. The van der Waals surface area contributed by atoms with E-state index in [1.165, 1.54) is 16.9 Å². The molecule has 0 radical (unpaired) electrons. The summed E-state index contributed by atoms with van der Waals surface area (Å²) in [5.41, 5.74) is 0.431. The van der Waals surface area contributed by atoms with Crippen molar-refractivity contribution >= 4 is 5.69 Å². The van der Waals surface area contributed by atoms with Crippen LogP contribution in [0.5, 0.6) is 0 Å². The Hall–Kier alpha value is -2.39. The van der Waals surface area contributed by atoms with Crippen molar-refractivity contribution in [2.24, 2.45) is 0 Å². The second-order valence-electron chi connectivity index (χ2n) is 5.28. The smallest absolute Gasteiger partial charge is 0.306 e. The zero-order chi connectivity index (χ0) is 17.0. The summed E-state index contributed by atoms with van der Waals surface area (Å²) in [5, 5.41) is 24.3. The van der Waals surface area contributed by atoms with Gasteiger partial charge >= 0.3 is 5.69 Å². The van der Waals surface area contributed by atoms with Crippen molar-refractivity contribution in [1.29, 1.82) is 0 Å². The van der Waals surface area contributed by atoms with Gasteiger partial charge in [-0.2, -0.15) is 5.10 Å². The van der Waals surface area contributed by atoms with Crippen molar-refractivity contribution in [1.82, 2.24) is 14.7 Å². The molecule has 2 rings (SSSR count). The number of nitrogens with zero attached hydrogens (tertiary/aromatic N) is 4. The second kappa shape index (κ2) is 7.25. The third-order valence-corrected chi connectivity index (χ3v) is 3.19. The molecule has 0 fully saturated rings. The quantitative estimate of drug-likeness (QED) is 0.616. The maximum atomic E-state index is 13.1. The van der Waals surface area contributed by atoms with Crippen molar-refractivity contribution in [3.63, 3.8) is 0 Å². The minimum Gasteiger partial charge on any atom is -0.390 e. The van der Waals surface area contributed by atoms with E-state index in [9.17, 15) is 24.0 Å². The van der Waals surface area contributed by atoms with Gasteiger partial charge in [0.1, 0.15) is 12.4 Å². The molecule has 1 atom stereocenters. The van der Waals surface area contributed by atoms with Crippen LogP contribution < -0.4 is 0 Å². The third kappa shape index (κ3) is 4.80. The number of aliphatic hydroxyl groups excluding tert-OH is 1. The molecular weight excluding hydrogens is 310 g/mol. The van der Waals surface area contributed by atoms with Crippen LogP contribution in [-0.2, 0) is 13.1 Å². The van der Waals surface area contributed by atoms with Crippen molar-refractivity contribution in [2.45, 2.75) is 19.2 Å². The summed E-state index contributed by atoms with van der Waals surface area (Å²) in [6, 6.07) is 3.63. The van der Waals surface area contributed by atoms with Crippen LogP contribution in [0.15, 0.2) is 30.6 Å². The molecule has 0 aliphatic heterocycles. The average molecular weight is 326 g/mol. The molecule has 124 valence electrons. The Morgan fingerprint density at radius 2 is 2.17 bits per heavy atom. The summed E-state index contributed by atoms with van der Waals surface area (Å²) in [5.74, 6) is -1.82. The van der Waals surface area contributed by atoms with Crippen LogP contribution in [0, 0.1) is 21.7 Å². The molecule has 9 heteroatoms. The van der Waals surface area contributed by atoms with E-state index in [1.54, 1.807) is 11.9 Å². The lowest BCUT2D eigenvalue weighted by Crippen LogP contribution is -2.31. The van der Waals surface area contributed by atoms with E-state index in [-0.39, 0.29) is 18.8 Å². The molecule has 2 aromatic rings. The van der Waals surface area contributed by atoms with Crippen LogP contribution in [0.3, 0.4) is 0 Å². The molecule has 0 saturated carbocycles. The first kappa shape index (κ1) is 17.0. The highest BCUT2D eigenvalue weighted by Crippen LogP contribution is 2.11. The fourth-order valence-electron chi connectivity index (χ4n) is 2.19. The van der Waals surface area contributed by atoms with E-state index in [1.807, 2.05) is 0 Å². The lowest BCUT2D eigenvalue weighted by Gasteiger charge is -2.20. The number of aliphatic hydroxyl groups is 1. The third-order valence-electron chi connectivity index (χ3n) is 3.19. The van der Waals surface area contributed by atoms with Crippen LogP contribution in [0.1, 0.15) is 5.56 Å². The molecule has 23 heavy (non-hydrogen) atoms. The summed E-state index contributed by atoms with van der Waals surface area (Å²) in [6.07, 6.45) is 1.53. The molecular formula is C14H16F2N4O3. The Labute approximate surface area is 130 Å². The lowest BCUT2D eigenvalue weighted by molar-refractivity contribution is -0.385. The maximum Gasteiger partial charge on any atom is 0.306 e. The Morgan fingerprint density at radius 3 is 2.78 bits per heavy atom. The molecule has 0 unspecified atom stereocenters. The van der Waals surface area contributed by atoms with Crippen LogP contribution in [0.4, 0.5) is 14.5 Å². The SMILES string of the molecule is CN(Cc1ccc(F)c(F)c1)C[C@@H](O)Cn1cc([N+](=O)[O-])cn1. The number of benzene rings is 1. The highest BCUT2D eigenvalue weighted by atomic mass is 19.2. The molecule has 1 N–H and O–H groups in total. The van der Waals surface area contributed by atoms with Crippen molar-refractivity contribution < 1.29 is 18.8 Å². The molecule has 0 saturated heterocycles. The van der Waals surface area contributed by atoms with Gasteiger partial charge in [0.15, 0.2) is 11.6 Å². The van der Waals surface area contributed by atoms with Gasteiger partial charge in [-0.3, -0.25) is 19.7 Å². The molecule has 7 nitrogen and oxygen atoms in total. The van der Waals surface area contributed by atoms with Gasteiger partial charge in [-0.25, -0.2) is 8.78 Å². The summed E-state index contributed by atoms with van der Waals surface area (Å²) >= 11 is 0. The van der Waals surface area contributed by atoms with Crippen LogP contribution in [0.2, 0.25) is 0 Å². The normalized spacial score (nSPS) is 12.6. The summed E-state index contributed by atoms with van der Waals surface area (Å²) in [6.45, 7) is 0.663. The molecule has 0 bridgehead atoms. The van der Waals surface area contributed by atoms with E-state index < -0.39 is 22.7 Å². The monoisotopic (exact) mass is 326 g/mol. The largest absolute Gasteiger partial charge is 0.390 e. The van der Waals surface area contributed by atoms with E-state index in [0.29, 0.717) is 12.1 Å². The number of hydrogen-bond acceptors (Lipinski definition) is 5. The van der Waals surface area contributed by atoms with E-state index >= 15 is 0 Å². The first-order valence-corrected chi connectivity index (χ1v) is 6.82.